The number of allylic oxidation sites excluding steroid dienone is 8. The number of ether oxygens (including phenoxy) is 3. The number of anilines is 1. The van der Waals surface area contributed by atoms with Gasteiger partial charge in [0, 0.05) is 80.3 Å². The van der Waals surface area contributed by atoms with E-state index in [1.165, 1.54) is 24.3 Å². The van der Waals surface area contributed by atoms with Crippen molar-refractivity contribution in [3.05, 3.63) is 95.8 Å². The first-order chi connectivity index (χ1) is 33.0. The van der Waals surface area contributed by atoms with Gasteiger partial charge in [0.15, 0.2) is 12.3 Å². The average molecular weight is 1050 g/mol. The van der Waals surface area contributed by atoms with Gasteiger partial charge in [-0.1, -0.05) is 30.4 Å². The second kappa shape index (κ2) is 22.5. The van der Waals surface area contributed by atoms with Crippen molar-refractivity contribution in [1.29, 1.82) is 0 Å². The van der Waals surface area contributed by atoms with E-state index in [1.807, 2.05) is 64.3 Å². The molecule has 0 saturated carbocycles. The number of benzene rings is 2. The maximum Gasteiger partial charge on any atom is 0.333 e. The highest BCUT2D eigenvalue weighted by Crippen LogP contribution is 2.54. The molecule has 0 aromatic heterocycles. The molecule has 0 radical (unpaired) electrons. The van der Waals surface area contributed by atoms with E-state index < -0.39 is 75.9 Å². The molecular weight excluding hydrogens is 983 g/mol. The van der Waals surface area contributed by atoms with Crippen molar-refractivity contribution in [2.45, 2.75) is 125 Å². The van der Waals surface area contributed by atoms with Crippen LogP contribution in [0, 0.1) is 0 Å². The molecule has 390 valence electrons. The summed E-state index contributed by atoms with van der Waals surface area (Å²) < 4.78 is 122. The minimum Gasteiger partial charge on any atom is -0.385 e. The monoisotopic (exact) mass is 1050 g/mol. The summed E-state index contributed by atoms with van der Waals surface area (Å²) in [6.07, 6.45) is 14.0. The summed E-state index contributed by atoms with van der Waals surface area (Å²) in [5, 5.41) is 0.515. The molecule has 3 N–H and O–H groups in total. The van der Waals surface area contributed by atoms with Gasteiger partial charge in [-0.05, 0) is 116 Å². The van der Waals surface area contributed by atoms with Gasteiger partial charge in [0.05, 0.1) is 33.0 Å². The van der Waals surface area contributed by atoms with Crippen molar-refractivity contribution >= 4 is 65.2 Å². The number of hydrogen-bond donors (Lipinski definition) is 3. The van der Waals surface area contributed by atoms with E-state index in [9.17, 15) is 53.3 Å². The second-order valence-corrected chi connectivity index (χ2v) is 23.8. The van der Waals surface area contributed by atoms with Gasteiger partial charge in [-0.25, -0.2) is 4.79 Å². The van der Waals surface area contributed by atoms with E-state index >= 15 is 0 Å². The SMILES string of the molecule is COCC[N+]1=C(C=CC=CC=CC=C2N(C(C)(C)CCOC(C)(C)CCC(=O)ON3C(=O)CCC3=O)c3ccc(S(=O)(=O)O)cc3C2(C)CCOC)C(C)(CCCS(=O)(=O)O)c2cc(S(=O)(=O)O)ccc21. The van der Waals surface area contributed by atoms with Crippen LogP contribution in [0.5, 0.6) is 0 Å². The van der Waals surface area contributed by atoms with Crippen LogP contribution >= 0.6 is 0 Å². The molecule has 2 aromatic carbocycles. The molecule has 1 saturated heterocycles. The highest BCUT2D eigenvalue weighted by atomic mass is 32.2. The van der Waals surface area contributed by atoms with Crippen LogP contribution in [0.4, 0.5) is 11.4 Å². The molecule has 2 amide bonds. The van der Waals surface area contributed by atoms with Crippen LogP contribution in [0.3, 0.4) is 0 Å². The summed E-state index contributed by atoms with van der Waals surface area (Å²) in [5.74, 6) is -2.38. The molecule has 0 aliphatic carbocycles. The molecule has 3 aliphatic rings. The lowest BCUT2D eigenvalue weighted by Crippen LogP contribution is -2.45. The summed E-state index contributed by atoms with van der Waals surface area (Å²) in [5.41, 5.74) is 0.769. The van der Waals surface area contributed by atoms with Crippen molar-refractivity contribution in [3.63, 3.8) is 0 Å². The Morgan fingerprint density at radius 3 is 1.96 bits per heavy atom. The standard InChI is InChI=1S/C49H65N3O16S3/c1-46(2,26-30-67-47(3,4)25-23-45(55)68-52-43(53)21-22-44(52)54)51-40-20-18-36(71(62,63)64)34-38(40)49(6,27-29-65-7)42(51)16-13-11-9-10-12-15-41-48(5,24-14-32-69(56,57)58)37-33-35(70(59,60)61)17-19-39(37)50(41)28-31-66-8/h9-13,15-20,33-34H,14,21-32H2,1-8H3,(H2-,56,57,58,59,60,61,62,63,64)/p+1. The smallest absolute Gasteiger partial charge is 0.333 e. The molecule has 0 spiro atoms. The first kappa shape index (κ1) is 57.0. The summed E-state index contributed by atoms with van der Waals surface area (Å²) in [4.78, 5) is 43.0. The van der Waals surface area contributed by atoms with Gasteiger partial charge >= 0.3 is 5.97 Å². The van der Waals surface area contributed by atoms with E-state index in [0.29, 0.717) is 65.9 Å². The van der Waals surface area contributed by atoms with E-state index in [0.717, 1.165) is 5.70 Å². The third-order valence-corrected chi connectivity index (χ3v) is 15.7. The Hall–Kier alpha value is -4.91. The third kappa shape index (κ3) is 13.8. The minimum atomic E-state index is -4.58. The van der Waals surface area contributed by atoms with Crippen molar-refractivity contribution in [1.82, 2.24) is 5.06 Å². The van der Waals surface area contributed by atoms with Gasteiger partial charge in [-0.2, -0.15) is 29.8 Å². The maximum atomic E-state index is 12.6. The van der Waals surface area contributed by atoms with Gasteiger partial charge in [0.2, 0.25) is 5.69 Å². The first-order valence-electron chi connectivity index (χ1n) is 23.0. The zero-order valence-electron chi connectivity index (χ0n) is 41.4. The van der Waals surface area contributed by atoms with Gasteiger partial charge in [-0.3, -0.25) is 23.2 Å². The van der Waals surface area contributed by atoms with Crippen molar-refractivity contribution < 1.29 is 76.9 Å². The van der Waals surface area contributed by atoms with Gasteiger partial charge in [-0.15, -0.1) is 5.06 Å². The first-order valence-corrected chi connectivity index (χ1v) is 27.5. The predicted octanol–water partition coefficient (Wildman–Crippen LogP) is 6.57. The Morgan fingerprint density at radius 2 is 1.35 bits per heavy atom. The molecule has 2 aromatic rings. The Labute approximate surface area is 417 Å². The third-order valence-electron chi connectivity index (χ3n) is 13.2. The van der Waals surface area contributed by atoms with Crippen molar-refractivity contribution in [2.24, 2.45) is 0 Å². The Bertz CT molecular complexity index is 2850. The molecule has 5 rings (SSSR count). The number of amides is 2. The molecule has 1 fully saturated rings. The van der Waals surface area contributed by atoms with Gasteiger partial charge in [0.1, 0.15) is 6.61 Å². The maximum absolute atomic E-state index is 12.6. The second-order valence-electron chi connectivity index (χ2n) is 19.4. The fourth-order valence-electron chi connectivity index (χ4n) is 9.25. The van der Waals surface area contributed by atoms with E-state index in [1.54, 1.807) is 50.7 Å². The van der Waals surface area contributed by atoms with Gasteiger partial charge < -0.3 is 23.9 Å². The van der Waals surface area contributed by atoms with Crippen LogP contribution in [-0.2, 0) is 74.6 Å². The van der Waals surface area contributed by atoms with Crippen LogP contribution in [0.15, 0.2) is 94.4 Å². The number of nitrogens with zero attached hydrogens (tertiary/aromatic N) is 3. The van der Waals surface area contributed by atoms with Crippen molar-refractivity contribution in [3.8, 4) is 0 Å². The largest absolute Gasteiger partial charge is 0.385 e. The van der Waals surface area contributed by atoms with Crippen LogP contribution in [0.2, 0.25) is 0 Å². The lowest BCUT2D eigenvalue weighted by atomic mass is 9.76. The number of imide groups is 1. The lowest BCUT2D eigenvalue weighted by molar-refractivity contribution is -0.441. The Balaban J connectivity index is 1.44. The molecule has 0 bridgehead atoms. The highest BCUT2D eigenvalue weighted by Gasteiger charge is 2.50. The summed E-state index contributed by atoms with van der Waals surface area (Å²) in [7, 11) is -10.3. The topological polar surface area (TPSA) is 261 Å². The number of methoxy groups -OCH3 is 2. The van der Waals surface area contributed by atoms with Crippen molar-refractivity contribution in [2.75, 3.05) is 51.2 Å². The molecule has 3 heterocycles. The molecule has 19 nitrogen and oxygen atoms in total. The molecular formula is C49H66N3O16S3+. The van der Waals surface area contributed by atoms with Crippen LogP contribution in [0.1, 0.15) is 104 Å². The minimum absolute atomic E-state index is 0.0117. The predicted molar refractivity (Wildman–Crippen MR) is 264 cm³/mol. The van der Waals surface area contributed by atoms with E-state index in [4.69, 9.17) is 19.0 Å². The Morgan fingerprint density at radius 1 is 0.761 bits per heavy atom. The summed E-state index contributed by atoms with van der Waals surface area (Å²) >= 11 is 0. The van der Waals surface area contributed by atoms with E-state index in [2.05, 4.69) is 4.90 Å². The molecule has 71 heavy (non-hydrogen) atoms. The number of hydrogen-bond acceptors (Lipinski definition) is 14. The van der Waals surface area contributed by atoms with Crippen LogP contribution in [0.25, 0.3) is 0 Å². The molecule has 2 unspecified atom stereocenters. The molecule has 2 atom stereocenters. The highest BCUT2D eigenvalue weighted by molar-refractivity contribution is 7.86. The number of rotatable bonds is 25. The lowest BCUT2D eigenvalue weighted by Gasteiger charge is -2.42. The van der Waals surface area contributed by atoms with Crippen LogP contribution in [-0.4, -0.2) is 130 Å². The number of fused-ring (bicyclic) bond motifs is 2. The number of hydroxylamine groups is 2. The van der Waals surface area contributed by atoms with E-state index in [-0.39, 0.29) is 54.9 Å². The normalized spacial score (nSPS) is 20.7. The van der Waals surface area contributed by atoms with Crippen LogP contribution < -0.4 is 4.90 Å². The number of carbonyl (C=O) groups is 3. The molecule has 22 heteroatoms. The average Bonchev–Trinajstić information content (AvgIpc) is 3.81. The molecule has 3 aliphatic heterocycles. The zero-order valence-corrected chi connectivity index (χ0v) is 43.9. The van der Waals surface area contributed by atoms with Gasteiger partial charge in [0.25, 0.3) is 42.2 Å². The fraction of sp³-hybridized carbons (Fsp3) is 0.510. The summed E-state index contributed by atoms with van der Waals surface area (Å²) in [6, 6.07) is 8.76. The fourth-order valence-corrected chi connectivity index (χ4v) is 10.8. The zero-order chi connectivity index (χ0) is 52.8. The number of carbonyl (C=O) groups excluding carboxylic acids is 3. The quantitative estimate of drug-likeness (QED) is 0.0411. The Kier molecular flexibility index (Phi) is 18.0. The summed E-state index contributed by atoms with van der Waals surface area (Å²) in [6.45, 7) is 12.7.